The van der Waals surface area contributed by atoms with E-state index in [9.17, 15) is 14.4 Å². The number of Topliss-reactive ketones (excluding diaryl/α,β-unsaturated/α-hetero) is 2. The molecule has 1 rings (SSSR count). The molecule has 0 bridgehead atoms. The van der Waals surface area contributed by atoms with E-state index in [1.165, 1.54) is 6.08 Å². The summed E-state index contributed by atoms with van der Waals surface area (Å²) < 4.78 is 0. The lowest BCUT2D eigenvalue weighted by Crippen LogP contribution is -2.42. The molecule has 16 heavy (non-hydrogen) atoms. The maximum absolute atomic E-state index is 11.9. The second kappa shape index (κ2) is 4.32. The van der Waals surface area contributed by atoms with Gasteiger partial charge < -0.3 is 0 Å². The molecule has 1 aliphatic carbocycles. The Kier molecular flexibility index (Phi) is 3.46. The van der Waals surface area contributed by atoms with Gasteiger partial charge in [0.1, 0.15) is 5.78 Å². The highest BCUT2D eigenvalue weighted by Crippen LogP contribution is 2.37. The lowest BCUT2D eigenvalue weighted by atomic mass is 9.66. The maximum Gasteiger partial charge on any atom is 0.165 e. The SMILES string of the molecule is CCC(=O)CC1C(=O)C=C(C)C(=O)C1(C)C. The highest BCUT2D eigenvalue weighted by molar-refractivity contribution is 6.12. The van der Waals surface area contributed by atoms with Crippen LogP contribution in [0.25, 0.3) is 0 Å². The van der Waals surface area contributed by atoms with Crippen molar-refractivity contribution in [2.24, 2.45) is 11.3 Å². The molecule has 1 unspecified atom stereocenters. The van der Waals surface area contributed by atoms with E-state index in [0.717, 1.165) is 0 Å². The van der Waals surface area contributed by atoms with Gasteiger partial charge in [-0.3, -0.25) is 14.4 Å². The van der Waals surface area contributed by atoms with Crippen LogP contribution in [-0.2, 0) is 14.4 Å². The third-order valence-corrected chi connectivity index (χ3v) is 3.34. The molecule has 0 aliphatic heterocycles. The van der Waals surface area contributed by atoms with Gasteiger partial charge >= 0.3 is 0 Å². The van der Waals surface area contributed by atoms with Crippen LogP contribution in [0.4, 0.5) is 0 Å². The van der Waals surface area contributed by atoms with Crippen LogP contribution in [0.5, 0.6) is 0 Å². The van der Waals surface area contributed by atoms with E-state index < -0.39 is 11.3 Å². The average Bonchev–Trinajstić information content (AvgIpc) is 2.21. The zero-order valence-electron chi connectivity index (χ0n) is 10.3. The van der Waals surface area contributed by atoms with Crippen LogP contribution in [0.1, 0.15) is 40.5 Å². The monoisotopic (exact) mass is 222 g/mol. The molecule has 0 saturated carbocycles. The molecule has 0 radical (unpaired) electrons. The van der Waals surface area contributed by atoms with Gasteiger partial charge in [0.05, 0.1) is 0 Å². The van der Waals surface area contributed by atoms with E-state index in [1.54, 1.807) is 27.7 Å². The first-order valence-corrected chi connectivity index (χ1v) is 5.59. The fraction of sp³-hybridized carbons (Fsp3) is 0.615. The first kappa shape index (κ1) is 12.8. The van der Waals surface area contributed by atoms with Crippen LogP contribution in [0.15, 0.2) is 11.6 Å². The van der Waals surface area contributed by atoms with Crippen LogP contribution < -0.4 is 0 Å². The lowest BCUT2D eigenvalue weighted by Gasteiger charge is -2.34. The number of rotatable bonds is 3. The normalized spacial score (nSPS) is 24.2. The number of hydrogen-bond donors (Lipinski definition) is 0. The van der Waals surface area contributed by atoms with Crippen molar-refractivity contribution in [1.82, 2.24) is 0 Å². The van der Waals surface area contributed by atoms with Crippen LogP contribution in [0, 0.1) is 11.3 Å². The fourth-order valence-corrected chi connectivity index (χ4v) is 2.13. The van der Waals surface area contributed by atoms with Crippen molar-refractivity contribution >= 4 is 17.3 Å². The van der Waals surface area contributed by atoms with Gasteiger partial charge in [0, 0.05) is 24.2 Å². The summed E-state index contributed by atoms with van der Waals surface area (Å²) in [6.07, 6.45) is 1.97. The Bertz CT molecular complexity index is 375. The van der Waals surface area contributed by atoms with Crippen molar-refractivity contribution in [3.63, 3.8) is 0 Å². The van der Waals surface area contributed by atoms with Crippen LogP contribution in [-0.4, -0.2) is 17.3 Å². The zero-order chi connectivity index (χ0) is 12.5. The molecule has 3 heteroatoms. The minimum atomic E-state index is -0.749. The number of allylic oxidation sites excluding steroid dienone is 2. The Morgan fingerprint density at radius 3 is 2.44 bits per heavy atom. The van der Waals surface area contributed by atoms with Crippen molar-refractivity contribution in [3.8, 4) is 0 Å². The minimum absolute atomic E-state index is 0.0268. The summed E-state index contributed by atoms with van der Waals surface area (Å²) in [7, 11) is 0. The summed E-state index contributed by atoms with van der Waals surface area (Å²) in [6.45, 7) is 6.92. The summed E-state index contributed by atoms with van der Waals surface area (Å²) in [5.74, 6) is -0.576. The van der Waals surface area contributed by atoms with Gasteiger partial charge in [-0.2, -0.15) is 0 Å². The Balaban J connectivity index is 3.04. The molecular weight excluding hydrogens is 204 g/mol. The Hall–Kier alpha value is -1.25. The topological polar surface area (TPSA) is 51.2 Å². The molecule has 0 aromatic rings. The Morgan fingerprint density at radius 1 is 1.38 bits per heavy atom. The molecule has 0 N–H and O–H groups in total. The van der Waals surface area contributed by atoms with Gasteiger partial charge in [-0.15, -0.1) is 0 Å². The summed E-state index contributed by atoms with van der Waals surface area (Å²) in [5, 5.41) is 0. The summed E-state index contributed by atoms with van der Waals surface area (Å²) in [4.78, 5) is 35.2. The van der Waals surface area contributed by atoms with Crippen molar-refractivity contribution in [2.45, 2.75) is 40.5 Å². The third kappa shape index (κ3) is 2.13. The second-order valence-electron chi connectivity index (χ2n) is 4.93. The number of ketones is 3. The maximum atomic E-state index is 11.9. The molecular formula is C13H18O3. The van der Waals surface area contributed by atoms with E-state index >= 15 is 0 Å². The van der Waals surface area contributed by atoms with Gasteiger partial charge in [0.15, 0.2) is 11.6 Å². The van der Waals surface area contributed by atoms with Crippen LogP contribution in [0.3, 0.4) is 0 Å². The van der Waals surface area contributed by atoms with E-state index in [1.807, 2.05) is 0 Å². The number of carbonyl (C=O) groups is 3. The molecule has 1 aliphatic rings. The largest absolute Gasteiger partial charge is 0.300 e. The molecule has 0 saturated heterocycles. The van der Waals surface area contributed by atoms with Gasteiger partial charge in [-0.1, -0.05) is 20.8 Å². The van der Waals surface area contributed by atoms with Crippen molar-refractivity contribution in [1.29, 1.82) is 0 Å². The predicted octanol–water partition coefficient (Wildman–Crippen LogP) is 2.10. The average molecular weight is 222 g/mol. The van der Waals surface area contributed by atoms with Gasteiger partial charge in [-0.05, 0) is 18.6 Å². The zero-order valence-corrected chi connectivity index (χ0v) is 10.3. The lowest BCUT2D eigenvalue weighted by molar-refractivity contribution is -0.137. The van der Waals surface area contributed by atoms with Crippen molar-refractivity contribution < 1.29 is 14.4 Å². The van der Waals surface area contributed by atoms with Crippen molar-refractivity contribution in [3.05, 3.63) is 11.6 Å². The van der Waals surface area contributed by atoms with Crippen molar-refractivity contribution in [2.75, 3.05) is 0 Å². The predicted molar refractivity (Wildman–Crippen MR) is 61.0 cm³/mol. The molecule has 0 fully saturated rings. The Labute approximate surface area is 95.9 Å². The summed E-state index contributed by atoms with van der Waals surface area (Å²) in [5.41, 5.74) is -0.254. The fourth-order valence-electron chi connectivity index (χ4n) is 2.13. The Morgan fingerprint density at radius 2 is 1.94 bits per heavy atom. The van der Waals surface area contributed by atoms with E-state index in [-0.39, 0.29) is 23.8 Å². The van der Waals surface area contributed by atoms with Crippen LogP contribution in [0.2, 0.25) is 0 Å². The molecule has 88 valence electrons. The molecule has 0 aromatic heterocycles. The smallest absolute Gasteiger partial charge is 0.165 e. The third-order valence-electron chi connectivity index (χ3n) is 3.34. The van der Waals surface area contributed by atoms with Crippen LogP contribution >= 0.6 is 0 Å². The molecule has 1 atom stereocenters. The standard InChI is InChI=1S/C13H18O3/c1-5-9(14)7-10-11(15)6-8(2)12(16)13(10,3)4/h6,10H,5,7H2,1-4H3. The molecule has 0 heterocycles. The second-order valence-corrected chi connectivity index (χ2v) is 4.93. The first-order chi connectivity index (χ1) is 7.30. The van der Waals surface area contributed by atoms with E-state index in [2.05, 4.69) is 0 Å². The van der Waals surface area contributed by atoms with Gasteiger partial charge in [0.25, 0.3) is 0 Å². The summed E-state index contributed by atoms with van der Waals surface area (Å²) in [6, 6.07) is 0. The quantitative estimate of drug-likeness (QED) is 0.734. The van der Waals surface area contributed by atoms with E-state index in [4.69, 9.17) is 0 Å². The molecule has 0 amide bonds. The van der Waals surface area contributed by atoms with Gasteiger partial charge in [0.2, 0.25) is 0 Å². The highest BCUT2D eigenvalue weighted by Gasteiger charge is 2.44. The number of carbonyl (C=O) groups excluding carboxylic acids is 3. The number of hydrogen-bond acceptors (Lipinski definition) is 3. The first-order valence-electron chi connectivity index (χ1n) is 5.59. The van der Waals surface area contributed by atoms with E-state index in [0.29, 0.717) is 12.0 Å². The highest BCUT2D eigenvalue weighted by atomic mass is 16.1. The summed E-state index contributed by atoms with van der Waals surface area (Å²) >= 11 is 0. The minimum Gasteiger partial charge on any atom is -0.300 e. The molecule has 0 aromatic carbocycles. The molecule has 0 spiro atoms. The molecule has 3 nitrogen and oxygen atoms in total. The van der Waals surface area contributed by atoms with Gasteiger partial charge in [-0.25, -0.2) is 0 Å².